The van der Waals surface area contributed by atoms with Crippen LogP contribution in [0.15, 0.2) is 78.6 Å². The second-order valence-corrected chi connectivity index (χ2v) is 11.5. The van der Waals surface area contributed by atoms with Gasteiger partial charge in [0.05, 0.1) is 14.2 Å². The van der Waals surface area contributed by atoms with Crippen LogP contribution in [0, 0.1) is 0 Å². The summed E-state index contributed by atoms with van der Waals surface area (Å²) in [6, 6.07) is 9.17. The van der Waals surface area contributed by atoms with Crippen molar-refractivity contribution in [3.8, 4) is 17.2 Å². The molecule has 0 spiro atoms. The van der Waals surface area contributed by atoms with E-state index >= 15 is 0 Å². The van der Waals surface area contributed by atoms with Crippen molar-refractivity contribution >= 4 is 23.6 Å². The van der Waals surface area contributed by atoms with Crippen molar-refractivity contribution < 1.29 is 108 Å². The summed E-state index contributed by atoms with van der Waals surface area (Å²) in [4.78, 5) is 24.9. The molecule has 3 rings (SSSR count). The highest BCUT2D eigenvalue weighted by molar-refractivity contribution is 5.89. The summed E-state index contributed by atoms with van der Waals surface area (Å²) in [6.07, 6.45) is -10.7. The number of hydrogen-bond acceptors (Lipinski definition) is 7. The van der Waals surface area contributed by atoms with E-state index in [2.05, 4.69) is 4.74 Å². The van der Waals surface area contributed by atoms with E-state index in [1.165, 1.54) is 62.8 Å². The highest BCUT2D eigenvalue weighted by Gasteiger charge is 2.94. The minimum absolute atomic E-state index is 0.314. The van der Waals surface area contributed by atoms with Gasteiger partial charge in [-0.3, -0.25) is 10.6 Å². The van der Waals surface area contributed by atoms with Crippen LogP contribution in [-0.4, -0.2) is 68.1 Å². The van der Waals surface area contributed by atoms with Crippen molar-refractivity contribution in [2.75, 3.05) is 24.9 Å². The first-order valence-electron chi connectivity index (χ1n) is 15.3. The van der Waals surface area contributed by atoms with Crippen molar-refractivity contribution in [1.82, 2.24) is 0 Å². The first kappa shape index (κ1) is 47.5. The predicted octanol–water partition coefficient (Wildman–Crippen LogP) is 11.1. The van der Waals surface area contributed by atoms with Gasteiger partial charge in [0.25, 0.3) is 0 Å². The van der Waals surface area contributed by atoms with E-state index in [1.54, 1.807) is 0 Å². The molecule has 26 heteroatoms. The number of amides is 2. The van der Waals surface area contributed by atoms with Gasteiger partial charge in [0.1, 0.15) is 30.5 Å². The van der Waals surface area contributed by atoms with Gasteiger partial charge in [0, 0.05) is 23.5 Å². The van der Waals surface area contributed by atoms with Gasteiger partial charge >= 0.3 is 59.9 Å². The molecule has 2 N–H and O–H groups in total. The van der Waals surface area contributed by atoms with Crippen LogP contribution in [0.2, 0.25) is 0 Å². The molecule has 9 nitrogen and oxygen atoms in total. The van der Waals surface area contributed by atoms with Crippen molar-refractivity contribution in [2.24, 2.45) is 0 Å². The predicted molar refractivity (Wildman–Crippen MR) is 166 cm³/mol. The van der Waals surface area contributed by atoms with Crippen molar-refractivity contribution in [3.63, 3.8) is 0 Å². The fourth-order valence-electron chi connectivity index (χ4n) is 4.23. The standard InChI is InChI=1S/C33H23F17N2O7/c1-55-20-7-3-16(4-8-20)14-57-25(53)51-18-11-19(52-26(54)58-15-17-5-9-21(56-2)10-6-17)13-22(12-18)59-24(35)23(34)27(36,37)28(38,39)29(40,41)30(42,43)31(44,45)32(46,47)33(48,49)50/h3-13H,14-15H2,1-2H3,(H,51,53)(H,52,54). The first-order valence-corrected chi connectivity index (χ1v) is 15.3. The molecule has 0 saturated heterocycles. The maximum atomic E-state index is 14.7. The Morgan fingerprint density at radius 1 is 0.508 bits per heavy atom. The van der Waals surface area contributed by atoms with E-state index in [9.17, 15) is 84.2 Å². The normalized spacial score (nSPS) is 13.5. The number of alkyl halides is 15. The lowest BCUT2D eigenvalue weighted by molar-refractivity contribution is -0.451. The molecule has 2 amide bonds. The Kier molecular flexibility index (Phi) is 13.8. The monoisotopic (exact) mass is 882 g/mol. The zero-order chi connectivity index (χ0) is 45.0. The van der Waals surface area contributed by atoms with Crippen LogP contribution in [0.3, 0.4) is 0 Å². The summed E-state index contributed by atoms with van der Waals surface area (Å²) in [7, 11) is 2.69. The van der Waals surface area contributed by atoms with Crippen LogP contribution in [0.4, 0.5) is 95.6 Å². The van der Waals surface area contributed by atoms with Gasteiger partial charge in [0.2, 0.25) is 5.83 Å². The number of nitrogens with one attached hydrogen (secondary N) is 2. The molecule has 0 aliphatic carbocycles. The van der Waals surface area contributed by atoms with Crippen molar-refractivity contribution in [3.05, 3.63) is 89.7 Å². The van der Waals surface area contributed by atoms with Crippen LogP contribution in [0.1, 0.15) is 11.1 Å². The zero-order valence-corrected chi connectivity index (χ0v) is 29.0. The maximum absolute atomic E-state index is 14.7. The van der Waals surface area contributed by atoms with Gasteiger partial charge < -0.3 is 23.7 Å². The molecule has 3 aromatic rings. The summed E-state index contributed by atoms with van der Waals surface area (Å²) in [6.45, 7) is -0.936. The summed E-state index contributed by atoms with van der Waals surface area (Å²) in [5, 5.41) is 3.85. The Morgan fingerprint density at radius 2 is 0.864 bits per heavy atom. The van der Waals surface area contributed by atoms with E-state index in [4.69, 9.17) is 18.9 Å². The highest BCUT2D eigenvalue weighted by Crippen LogP contribution is 2.63. The molecular weight excluding hydrogens is 859 g/mol. The average Bonchev–Trinajstić information content (AvgIpc) is 3.15. The molecule has 0 aromatic heterocycles. The van der Waals surface area contributed by atoms with Crippen molar-refractivity contribution in [2.45, 2.75) is 54.9 Å². The number of hydrogen-bond donors (Lipinski definition) is 2. The van der Waals surface area contributed by atoms with Gasteiger partial charge in [0.15, 0.2) is 0 Å². The maximum Gasteiger partial charge on any atom is 0.460 e. The third-order valence-electron chi connectivity index (χ3n) is 7.44. The molecule has 0 fully saturated rings. The summed E-state index contributed by atoms with van der Waals surface area (Å²) in [5.74, 6) is -56.0. The molecule has 0 aliphatic heterocycles. The lowest BCUT2D eigenvalue weighted by atomic mass is 9.91. The first-order chi connectivity index (χ1) is 27.0. The van der Waals surface area contributed by atoms with Crippen LogP contribution in [0.25, 0.3) is 0 Å². The molecular formula is C33H23F17N2O7. The Hall–Kier alpha value is -5.85. The van der Waals surface area contributed by atoms with E-state index in [0.717, 1.165) is 6.07 Å². The average molecular weight is 883 g/mol. The van der Waals surface area contributed by atoms with E-state index in [1.807, 2.05) is 10.6 Å². The second-order valence-electron chi connectivity index (χ2n) is 11.5. The van der Waals surface area contributed by atoms with Crippen LogP contribution >= 0.6 is 0 Å². The molecule has 59 heavy (non-hydrogen) atoms. The largest absolute Gasteiger partial charge is 0.497 e. The van der Waals surface area contributed by atoms with Gasteiger partial charge in [-0.2, -0.15) is 74.6 Å². The van der Waals surface area contributed by atoms with Gasteiger partial charge in [-0.1, -0.05) is 24.3 Å². The summed E-state index contributed by atoms with van der Waals surface area (Å²) in [5.41, 5.74) is -0.753. The SMILES string of the molecule is COc1ccc(COC(=O)Nc2cc(NC(=O)OCc3ccc(OC)cc3)cc(OC(F)=C(F)C(F)(F)C(F)(F)C(F)(F)C(F)(F)C(F)(F)C(F)(F)C(F)(F)F)c2)cc1. The van der Waals surface area contributed by atoms with E-state index < -0.39 is 96.1 Å². The second kappa shape index (κ2) is 17.2. The van der Waals surface area contributed by atoms with Gasteiger partial charge in [-0.05, 0) is 41.5 Å². The number of methoxy groups -OCH3 is 2. The van der Waals surface area contributed by atoms with Crippen LogP contribution in [-0.2, 0) is 22.7 Å². The Morgan fingerprint density at radius 3 is 1.22 bits per heavy atom. The lowest BCUT2D eigenvalue weighted by Gasteiger charge is -2.41. The molecule has 326 valence electrons. The van der Waals surface area contributed by atoms with Crippen molar-refractivity contribution in [1.29, 1.82) is 0 Å². The topological polar surface area (TPSA) is 104 Å². The van der Waals surface area contributed by atoms with E-state index in [0.29, 0.717) is 34.8 Å². The third kappa shape index (κ3) is 9.72. The number of anilines is 2. The smallest absolute Gasteiger partial charge is 0.460 e. The number of ether oxygens (including phenoxy) is 5. The summed E-state index contributed by atoms with van der Waals surface area (Å²) >= 11 is 0. The van der Waals surface area contributed by atoms with Gasteiger partial charge in [-0.15, -0.1) is 0 Å². The number of halogens is 17. The number of rotatable bonds is 16. The number of carbonyl (C=O) groups excluding carboxylic acids is 2. The summed E-state index contributed by atoms with van der Waals surface area (Å²) < 4.78 is 256. The minimum Gasteiger partial charge on any atom is -0.497 e. The molecule has 0 unspecified atom stereocenters. The molecule has 0 heterocycles. The molecule has 0 saturated carbocycles. The molecule has 3 aromatic carbocycles. The quantitative estimate of drug-likeness (QED) is 0.109. The number of allylic oxidation sites excluding steroid dienone is 1. The minimum atomic E-state index is -8.77. The Bertz CT molecular complexity index is 1910. The lowest BCUT2D eigenvalue weighted by Crippen LogP contribution is -2.72. The number of benzene rings is 3. The fraction of sp³-hybridized carbons (Fsp3) is 0.333. The van der Waals surface area contributed by atoms with E-state index in [-0.39, 0.29) is 0 Å². The molecule has 0 radical (unpaired) electrons. The molecule has 0 aliphatic rings. The van der Waals surface area contributed by atoms with Crippen LogP contribution < -0.4 is 24.8 Å². The number of carbonyl (C=O) groups is 2. The van der Waals surface area contributed by atoms with Crippen LogP contribution in [0.5, 0.6) is 17.2 Å². The fourth-order valence-corrected chi connectivity index (χ4v) is 4.23. The third-order valence-corrected chi connectivity index (χ3v) is 7.44. The van der Waals surface area contributed by atoms with Gasteiger partial charge in [-0.25, -0.2) is 9.59 Å². The molecule has 0 atom stereocenters. The molecule has 0 bridgehead atoms. The Balaban J connectivity index is 1.96. The highest BCUT2D eigenvalue weighted by atomic mass is 19.4. The zero-order valence-electron chi connectivity index (χ0n) is 29.0. The Labute approximate surface area is 318 Å².